The van der Waals surface area contributed by atoms with Crippen molar-refractivity contribution in [3.8, 4) is 0 Å². The molecule has 112 valence electrons. The Hall–Kier alpha value is -0.570. The van der Waals surface area contributed by atoms with Gasteiger partial charge in [0.2, 0.25) is 0 Å². The third-order valence-electron chi connectivity index (χ3n) is 4.16. The molecule has 1 aromatic carbocycles. The fourth-order valence-corrected chi connectivity index (χ4v) is 3.34. The molecule has 0 spiro atoms. The van der Waals surface area contributed by atoms with Crippen LogP contribution in [0.25, 0.3) is 0 Å². The van der Waals surface area contributed by atoms with E-state index in [0.717, 1.165) is 17.9 Å². The fourth-order valence-electron chi connectivity index (χ4n) is 3.21. The second kappa shape index (κ2) is 5.67. The topological polar surface area (TPSA) is 21.3 Å². The van der Waals surface area contributed by atoms with Gasteiger partial charge in [0.1, 0.15) is 0 Å². The van der Waals surface area contributed by atoms with Crippen molar-refractivity contribution < 1.29 is 4.74 Å². The van der Waals surface area contributed by atoms with Crippen LogP contribution < -0.4 is 5.32 Å². The number of halogens is 1. The van der Waals surface area contributed by atoms with Crippen LogP contribution in [0.15, 0.2) is 24.3 Å². The van der Waals surface area contributed by atoms with E-state index in [0.29, 0.717) is 12.1 Å². The van der Waals surface area contributed by atoms with Gasteiger partial charge in [-0.25, -0.2) is 0 Å². The number of hydrogen-bond donors (Lipinski definition) is 1. The number of hydrogen-bond acceptors (Lipinski definition) is 2. The first kappa shape index (κ1) is 15.8. The lowest BCUT2D eigenvalue weighted by Gasteiger charge is -2.31. The molecule has 2 nitrogen and oxygen atoms in total. The summed E-state index contributed by atoms with van der Waals surface area (Å²) >= 11 is 5.97. The second-order valence-corrected chi connectivity index (χ2v) is 7.34. The summed E-state index contributed by atoms with van der Waals surface area (Å²) in [4.78, 5) is 0. The van der Waals surface area contributed by atoms with Crippen molar-refractivity contribution in [2.24, 2.45) is 0 Å². The predicted molar refractivity (Wildman–Crippen MR) is 85.3 cm³/mol. The highest BCUT2D eigenvalue weighted by atomic mass is 35.5. The number of ether oxygens (including phenoxy) is 1. The lowest BCUT2D eigenvalue weighted by atomic mass is 9.92. The van der Waals surface area contributed by atoms with Gasteiger partial charge in [-0.2, -0.15) is 0 Å². The molecule has 0 saturated carbocycles. The minimum absolute atomic E-state index is 0.0561. The summed E-state index contributed by atoms with van der Waals surface area (Å²) in [6.45, 7) is 10.9. The lowest BCUT2D eigenvalue weighted by molar-refractivity contribution is -0.0705. The third kappa shape index (κ3) is 3.55. The van der Waals surface area contributed by atoms with Crippen molar-refractivity contribution in [2.45, 2.75) is 70.7 Å². The SMILES string of the molecule is CCC(NC1CC(C)(C)OC1(C)C)c1ccc(Cl)cc1. The van der Waals surface area contributed by atoms with Crippen molar-refractivity contribution in [1.82, 2.24) is 5.32 Å². The highest BCUT2D eigenvalue weighted by Gasteiger charge is 2.46. The summed E-state index contributed by atoms with van der Waals surface area (Å²) < 4.78 is 6.17. The number of nitrogens with one attached hydrogen (secondary N) is 1. The Morgan fingerprint density at radius 2 is 1.85 bits per heavy atom. The summed E-state index contributed by atoms with van der Waals surface area (Å²) in [5, 5.41) is 4.57. The van der Waals surface area contributed by atoms with E-state index in [1.54, 1.807) is 0 Å². The van der Waals surface area contributed by atoms with Crippen molar-refractivity contribution in [3.05, 3.63) is 34.9 Å². The number of benzene rings is 1. The average molecular weight is 296 g/mol. The van der Waals surface area contributed by atoms with Gasteiger partial charge >= 0.3 is 0 Å². The quantitative estimate of drug-likeness (QED) is 0.867. The standard InChI is InChI=1S/C17H26ClNO/c1-6-14(12-7-9-13(18)10-8-12)19-15-11-16(2,3)20-17(15,4)5/h7-10,14-15,19H,6,11H2,1-5H3. The van der Waals surface area contributed by atoms with Gasteiger partial charge in [0, 0.05) is 17.1 Å². The second-order valence-electron chi connectivity index (χ2n) is 6.90. The number of rotatable bonds is 4. The third-order valence-corrected chi connectivity index (χ3v) is 4.41. The molecule has 1 aliphatic heterocycles. The van der Waals surface area contributed by atoms with E-state index in [1.165, 1.54) is 5.56 Å². The maximum absolute atomic E-state index is 6.17. The van der Waals surface area contributed by atoms with Crippen LogP contribution >= 0.6 is 11.6 Å². The van der Waals surface area contributed by atoms with Gasteiger partial charge in [0.05, 0.1) is 11.2 Å². The van der Waals surface area contributed by atoms with E-state index >= 15 is 0 Å². The molecule has 0 bridgehead atoms. The van der Waals surface area contributed by atoms with Crippen LogP contribution in [-0.4, -0.2) is 17.2 Å². The van der Waals surface area contributed by atoms with Crippen LogP contribution in [0, 0.1) is 0 Å². The summed E-state index contributed by atoms with van der Waals surface area (Å²) in [6, 6.07) is 8.84. The molecule has 3 heteroatoms. The molecular formula is C17H26ClNO. The van der Waals surface area contributed by atoms with Crippen molar-refractivity contribution in [2.75, 3.05) is 0 Å². The van der Waals surface area contributed by atoms with Gasteiger partial charge in [-0.3, -0.25) is 0 Å². The van der Waals surface area contributed by atoms with E-state index in [4.69, 9.17) is 16.3 Å². The van der Waals surface area contributed by atoms with Gasteiger partial charge in [-0.1, -0.05) is 30.7 Å². The molecular weight excluding hydrogens is 270 g/mol. The Kier molecular flexibility index (Phi) is 4.48. The van der Waals surface area contributed by atoms with E-state index in [-0.39, 0.29) is 11.2 Å². The Balaban J connectivity index is 2.12. The molecule has 20 heavy (non-hydrogen) atoms. The molecule has 0 aromatic heterocycles. The van der Waals surface area contributed by atoms with Gasteiger partial charge in [-0.15, -0.1) is 0 Å². The van der Waals surface area contributed by atoms with Crippen LogP contribution in [-0.2, 0) is 4.74 Å². The zero-order valence-corrected chi connectivity index (χ0v) is 13.9. The zero-order valence-electron chi connectivity index (χ0n) is 13.2. The first-order valence-electron chi connectivity index (χ1n) is 7.45. The Morgan fingerprint density at radius 1 is 1.25 bits per heavy atom. The molecule has 2 rings (SSSR count). The van der Waals surface area contributed by atoms with E-state index < -0.39 is 0 Å². The maximum atomic E-state index is 6.17. The molecule has 0 radical (unpaired) electrons. The molecule has 1 aromatic rings. The van der Waals surface area contributed by atoms with Gasteiger partial charge < -0.3 is 10.1 Å². The van der Waals surface area contributed by atoms with Crippen LogP contribution in [0.1, 0.15) is 59.1 Å². The molecule has 2 atom stereocenters. The average Bonchev–Trinajstić information content (AvgIpc) is 2.55. The Morgan fingerprint density at radius 3 is 2.30 bits per heavy atom. The van der Waals surface area contributed by atoms with Crippen LogP contribution in [0.3, 0.4) is 0 Å². The van der Waals surface area contributed by atoms with Gasteiger partial charge in [-0.05, 0) is 58.2 Å². The highest BCUT2D eigenvalue weighted by Crippen LogP contribution is 2.38. The van der Waals surface area contributed by atoms with E-state index in [9.17, 15) is 0 Å². The highest BCUT2D eigenvalue weighted by molar-refractivity contribution is 6.30. The maximum Gasteiger partial charge on any atom is 0.0787 e. The van der Waals surface area contributed by atoms with Gasteiger partial charge in [0.25, 0.3) is 0 Å². The normalized spacial score (nSPS) is 25.6. The van der Waals surface area contributed by atoms with Crippen molar-refractivity contribution in [1.29, 1.82) is 0 Å². The van der Waals surface area contributed by atoms with E-state index in [2.05, 4.69) is 52.1 Å². The summed E-state index contributed by atoms with van der Waals surface area (Å²) in [6.07, 6.45) is 2.08. The first-order valence-corrected chi connectivity index (χ1v) is 7.83. The lowest BCUT2D eigenvalue weighted by Crippen LogP contribution is -2.44. The largest absolute Gasteiger partial charge is 0.368 e. The molecule has 2 unspecified atom stereocenters. The van der Waals surface area contributed by atoms with Crippen LogP contribution in [0.4, 0.5) is 0 Å². The molecule has 0 amide bonds. The summed E-state index contributed by atoms with van der Waals surface area (Å²) in [7, 11) is 0. The molecule has 0 aliphatic carbocycles. The fraction of sp³-hybridized carbons (Fsp3) is 0.647. The van der Waals surface area contributed by atoms with Crippen molar-refractivity contribution >= 4 is 11.6 Å². The molecule has 1 N–H and O–H groups in total. The Labute approximate surface area is 127 Å². The minimum Gasteiger partial charge on any atom is -0.368 e. The molecule has 1 heterocycles. The van der Waals surface area contributed by atoms with Crippen LogP contribution in [0.2, 0.25) is 5.02 Å². The molecule has 1 aliphatic rings. The molecule has 1 saturated heterocycles. The van der Waals surface area contributed by atoms with Crippen LogP contribution in [0.5, 0.6) is 0 Å². The summed E-state index contributed by atoms with van der Waals surface area (Å²) in [5.41, 5.74) is 1.10. The summed E-state index contributed by atoms with van der Waals surface area (Å²) in [5.74, 6) is 0. The molecule has 1 fully saturated rings. The predicted octanol–water partition coefficient (Wildman–Crippen LogP) is 4.73. The minimum atomic E-state index is -0.136. The smallest absolute Gasteiger partial charge is 0.0787 e. The van der Waals surface area contributed by atoms with Crippen molar-refractivity contribution in [3.63, 3.8) is 0 Å². The Bertz CT molecular complexity index is 453. The first-order chi connectivity index (χ1) is 9.23. The monoisotopic (exact) mass is 295 g/mol. The zero-order chi connectivity index (χ0) is 15.0. The van der Waals surface area contributed by atoms with E-state index in [1.807, 2.05) is 12.1 Å². The van der Waals surface area contributed by atoms with Gasteiger partial charge in [0.15, 0.2) is 0 Å².